The van der Waals surface area contributed by atoms with Crippen molar-refractivity contribution in [1.29, 1.82) is 0 Å². The average Bonchev–Trinajstić information content (AvgIpc) is 3.19. The van der Waals surface area contributed by atoms with Crippen LogP contribution < -0.4 is 10.6 Å². The normalized spacial score (nSPS) is 10.6. The van der Waals surface area contributed by atoms with E-state index in [1.807, 2.05) is 31.2 Å². The van der Waals surface area contributed by atoms with Gasteiger partial charge in [-0.1, -0.05) is 47.5 Å². The number of hydrogen-bond donors (Lipinski definition) is 2. The van der Waals surface area contributed by atoms with Crippen LogP contribution in [-0.2, 0) is 6.42 Å². The summed E-state index contributed by atoms with van der Waals surface area (Å²) in [5.41, 5.74) is 4.35. The smallest absolute Gasteiger partial charge is 0.323 e. The van der Waals surface area contributed by atoms with Gasteiger partial charge in [-0.05, 0) is 55.0 Å². The van der Waals surface area contributed by atoms with Gasteiger partial charge in [0, 0.05) is 22.0 Å². The molecule has 4 aromatic rings. The highest BCUT2D eigenvalue weighted by Crippen LogP contribution is 2.22. The van der Waals surface area contributed by atoms with Crippen LogP contribution in [0.3, 0.4) is 0 Å². The first-order valence-corrected chi connectivity index (χ1v) is 9.75. The molecule has 3 aromatic carbocycles. The Balaban J connectivity index is 1.38. The number of halogens is 1. The van der Waals surface area contributed by atoms with Gasteiger partial charge in [0.2, 0.25) is 11.8 Å². The van der Waals surface area contributed by atoms with Crippen molar-refractivity contribution in [1.82, 2.24) is 10.2 Å². The molecule has 150 valence electrons. The summed E-state index contributed by atoms with van der Waals surface area (Å²) < 4.78 is 5.78. The third-order valence-electron chi connectivity index (χ3n) is 4.42. The highest BCUT2D eigenvalue weighted by atomic mass is 35.5. The third-order valence-corrected chi connectivity index (χ3v) is 4.65. The molecule has 0 fully saturated rings. The van der Waals surface area contributed by atoms with Crippen LogP contribution >= 0.6 is 11.6 Å². The van der Waals surface area contributed by atoms with Crippen molar-refractivity contribution in [2.75, 3.05) is 10.6 Å². The molecule has 0 aliphatic rings. The number of urea groups is 1. The van der Waals surface area contributed by atoms with Crippen molar-refractivity contribution in [2.24, 2.45) is 0 Å². The number of aromatic nitrogens is 2. The van der Waals surface area contributed by atoms with Crippen molar-refractivity contribution in [2.45, 2.75) is 13.3 Å². The van der Waals surface area contributed by atoms with Gasteiger partial charge < -0.3 is 15.1 Å². The van der Waals surface area contributed by atoms with Gasteiger partial charge in [0.15, 0.2) is 0 Å². The number of carbonyl (C=O) groups is 1. The van der Waals surface area contributed by atoms with Gasteiger partial charge in [-0.25, -0.2) is 4.79 Å². The summed E-state index contributed by atoms with van der Waals surface area (Å²) in [7, 11) is 0. The zero-order valence-corrected chi connectivity index (χ0v) is 17.0. The van der Waals surface area contributed by atoms with E-state index >= 15 is 0 Å². The number of nitrogens with one attached hydrogen (secondary N) is 2. The summed E-state index contributed by atoms with van der Waals surface area (Å²) in [5.74, 6) is 0.990. The maximum Gasteiger partial charge on any atom is 0.323 e. The van der Waals surface area contributed by atoms with Crippen molar-refractivity contribution in [3.8, 4) is 11.5 Å². The van der Waals surface area contributed by atoms with E-state index in [1.54, 1.807) is 36.4 Å². The predicted octanol–water partition coefficient (Wildman–Crippen LogP) is 5.93. The largest absolute Gasteiger partial charge is 0.420 e. The molecule has 6 nitrogen and oxygen atoms in total. The van der Waals surface area contributed by atoms with Crippen LogP contribution in [-0.4, -0.2) is 16.2 Å². The Bertz CT molecular complexity index is 1150. The van der Waals surface area contributed by atoms with Gasteiger partial charge in [0.05, 0.1) is 6.42 Å². The fourth-order valence-corrected chi connectivity index (χ4v) is 3.07. The van der Waals surface area contributed by atoms with Crippen LogP contribution in [0, 0.1) is 6.92 Å². The summed E-state index contributed by atoms with van der Waals surface area (Å²) >= 11 is 5.93. The minimum atomic E-state index is -0.358. The fourth-order valence-electron chi connectivity index (χ4n) is 2.88. The monoisotopic (exact) mass is 418 g/mol. The summed E-state index contributed by atoms with van der Waals surface area (Å²) in [6.45, 7) is 2.05. The van der Waals surface area contributed by atoms with Crippen LogP contribution in [0.15, 0.2) is 77.2 Å². The molecule has 0 aliphatic heterocycles. The molecule has 0 radical (unpaired) electrons. The van der Waals surface area contributed by atoms with E-state index in [-0.39, 0.29) is 6.03 Å². The van der Waals surface area contributed by atoms with Gasteiger partial charge in [0.1, 0.15) is 0 Å². The molecule has 30 heavy (non-hydrogen) atoms. The number of amides is 2. The first-order chi connectivity index (χ1) is 14.5. The topological polar surface area (TPSA) is 80.0 Å². The second-order valence-electron chi connectivity index (χ2n) is 6.83. The van der Waals surface area contributed by atoms with Crippen molar-refractivity contribution in [3.05, 3.63) is 94.8 Å². The lowest BCUT2D eigenvalue weighted by Gasteiger charge is -2.08. The second kappa shape index (κ2) is 8.80. The van der Waals surface area contributed by atoms with E-state index in [0.29, 0.717) is 34.6 Å². The number of hydrogen-bond acceptors (Lipinski definition) is 4. The van der Waals surface area contributed by atoms with Gasteiger partial charge >= 0.3 is 6.03 Å². The maximum absolute atomic E-state index is 12.1. The molecule has 7 heteroatoms. The zero-order valence-electron chi connectivity index (χ0n) is 16.2. The SMILES string of the molecule is Cc1ccc(Cc2nnc(-c3ccc(NC(=O)Nc4cccc(Cl)c4)cc3)o2)cc1. The molecule has 0 aliphatic carbocycles. The zero-order chi connectivity index (χ0) is 20.9. The first-order valence-electron chi connectivity index (χ1n) is 9.37. The Morgan fingerprint density at radius 1 is 0.933 bits per heavy atom. The molecule has 0 bridgehead atoms. The number of nitrogens with zero attached hydrogens (tertiary/aromatic N) is 2. The standard InChI is InChI=1S/C23H19ClN4O2/c1-15-5-7-16(8-6-15)13-21-27-28-22(30-21)17-9-11-19(12-10-17)25-23(29)26-20-4-2-3-18(24)14-20/h2-12,14H,13H2,1H3,(H2,25,26,29). The molecule has 1 aromatic heterocycles. The summed E-state index contributed by atoms with van der Waals surface area (Å²) in [6.07, 6.45) is 0.580. The third kappa shape index (κ3) is 5.04. The lowest BCUT2D eigenvalue weighted by atomic mass is 10.1. The van der Waals surface area contributed by atoms with Crippen molar-refractivity contribution in [3.63, 3.8) is 0 Å². The second-order valence-corrected chi connectivity index (χ2v) is 7.27. The Hall–Kier alpha value is -3.64. The minimum Gasteiger partial charge on any atom is -0.420 e. The van der Waals surface area contributed by atoms with E-state index in [4.69, 9.17) is 16.0 Å². The molecule has 0 atom stereocenters. The molecule has 0 saturated heterocycles. The maximum atomic E-state index is 12.1. The summed E-state index contributed by atoms with van der Waals surface area (Å²) in [6, 6.07) is 22.0. The van der Waals surface area contributed by atoms with Gasteiger partial charge in [-0.2, -0.15) is 0 Å². The van der Waals surface area contributed by atoms with Crippen LogP contribution in [0.2, 0.25) is 5.02 Å². The first kappa shape index (κ1) is 19.7. The lowest BCUT2D eigenvalue weighted by Crippen LogP contribution is -2.19. The molecule has 0 saturated carbocycles. The highest BCUT2D eigenvalue weighted by Gasteiger charge is 2.10. The summed E-state index contributed by atoms with van der Waals surface area (Å²) in [4.78, 5) is 12.1. The van der Waals surface area contributed by atoms with Crippen molar-refractivity contribution < 1.29 is 9.21 Å². The Kier molecular flexibility index (Phi) is 5.77. The number of anilines is 2. The van der Waals surface area contributed by atoms with Gasteiger partial charge in [-0.15, -0.1) is 10.2 Å². The predicted molar refractivity (Wildman–Crippen MR) is 118 cm³/mol. The van der Waals surface area contributed by atoms with Crippen LogP contribution in [0.4, 0.5) is 16.2 Å². The van der Waals surface area contributed by atoms with Gasteiger partial charge in [0.25, 0.3) is 0 Å². The van der Waals surface area contributed by atoms with E-state index in [0.717, 1.165) is 11.1 Å². The lowest BCUT2D eigenvalue weighted by molar-refractivity contribution is 0.262. The van der Waals surface area contributed by atoms with Crippen molar-refractivity contribution >= 4 is 29.0 Å². The highest BCUT2D eigenvalue weighted by molar-refractivity contribution is 6.30. The molecule has 0 unspecified atom stereocenters. The van der Waals surface area contributed by atoms with E-state index < -0.39 is 0 Å². The number of benzene rings is 3. The fraction of sp³-hybridized carbons (Fsp3) is 0.0870. The Morgan fingerprint density at radius 3 is 2.40 bits per heavy atom. The Labute approximate surface area is 178 Å². The average molecular weight is 419 g/mol. The molecule has 0 spiro atoms. The Morgan fingerprint density at radius 2 is 1.67 bits per heavy atom. The van der Waals surface area contributed by atoms with Crippen LogP contribution in [0.25, 0.3) is 11.5 Å². The van der Waals surface area contributed by atoms with E-state index in [1.165, 1.54) is 5.56 Å². The molecular weight excluding hydrogens is 400 g/mol. The van der Waals surface area contributed by atoms with Crippen LogP contribution in [0.5, 0.6) is 0 Å². The van der Waals surface area contributed by atoms with E-state index in [9.17, 15) is 4.79 Å². The van der Waals surface area contributed by atoms with E-state index in [2.05, 4.69) is 33.0 Å². The minimum absolute atomic E-state index is 0.358. The number of rotatable bonds is 5. The summed E-state index contributed by atoms with van der Waals surface area (Å²) in [5, 5.41) is 14.3. The molecule has 1 heterocycles. The van der Waals surface area contributed by atoms with Gasteiger partial charge in [-0.3, -0.25) is 0 Å². The number of aryl methyl sites for hydroxylation is 1. The molecular formula is C23H19ClN4O2. The molecule has 2 N–H and O–H groups in total. The molecule has 4 rings (SSSR count). The molecule has 2 amide bonds. The van der Waals surface area contributed by atoms with Crippen LogP contribution in [0.1, 0.15) is 17.0 Å². The number of carbonyl (C=O) groups excluding carboxylic acids is 1. The quantitative estimate of drug-likeness (QED) is 0.420.